The van der Waals surface area contributed by atoms with E-state index in [0.29, 0.717) is 6.04 Å². The fourth-order valence-corrected chi connectivity index (χ4v) is 2.87. The van der Waals surface area contributed by atoms with Gasteiger partial charge in [-0.3, -0.25) is 0 Å². The maximum absolute atomic E-state index is 13.2. The van der Waals surface area contributed by atoms with Crippen LogP contribution in [0.4, 0.5) is 15.8 Å². The quantitative estimate of drug-likeness (QED) is 0.780. The van der Waals surface area contributed by atoms with E-state index in [0.717, 1.165) is 18.0 Å². The number of anilines is 2. The van der Waals surface area contributed by atoms with Crippen LogP contribution >= 0.6 is 0 Å². The van der Waals surface area contributed by atoms with Crippen molar-refractivity contribution in [1.82, 2.24) is 0 Å². The lowest BCUT2D eigenvalue weighted by molar-refractivity contribution is 0.422. The lowest BCUT2D eigenvalue weighted by atomic mass is 9.94. The molecule has 2 nitrogen and oxygen atoms in total. The molecular formula is C13H17FN2. The summed E-state index contributed by atoms with van der Waals surface area (Å²) < 4.78 is 13.2. The molecule has 1 N–H and O–H groups in total. The third kappa shape index (κ3) is 1.64. The lowest BCUT2D eigenvalue weighted by Crippen LogP contribution is -2.36. The van der Waals surface area contributed by atoms with Crippen molar-refractivity contribution < 1.29 is 4.39 Å². The molecule has 0 saturated heterocycles. The predicted octanol–water partition coefficient (Wildman–Crippen LogP) is 3.35. The van der Waals surface area contributed by atoms with Crippen molar-refractivity contribution in [3.8, 4) is 0 Å². The largest absolute Gasteiger partial charge is 0.366 e. The lowest BCUT2D eigenvalue weighted by Gasteiger charge is -2.32. The van der Waals surface area contributed by atoms with Crippen molar-refractivity contribution in [2.24, 2.45) is 0 Å². The summed E-state index contributed by atoms with van der Waals surface area (Å²) in [4.78, 5) is 2.33. The third-order valence-electron chi connectivity index (χ3n) is 3.72. The first kappa shape index (κ1) is 9.94. The van der Waals surface area contributed by atoms with E-state index in [2.05, 4.69) is 10.2 Å². The molecule has 0 radical (unpaired) electrons. The van der Waals surface area contributed by atoms with Gasteiger partial charge in [-0.1, -0.05) is 19.3 Å². The van der Waals surface area contributed by atoms with Crippen molar-refractivity contribution in [2.75, 3.05) is 16.9 Å². The molecule has 0 amide bonds. The van der Waals surface area contributed by atoms with E-state index < -0.39 is 0 Å². The Kier molecular flexibility index (Phi) is 2.46. The molecular weight excluding hydrogens is 203 g/mol. The second kappa shape index (κ2) is 3.96. The van der Waals surface area contributed by atoms with Crippen molar-refractivity contribution in [3.63, 3.8) is 0 Å². The highest BCUT2D eigenvalue weighted by Gasteiger charge is 2.27. The number of halogens is 1. The minimum absolute atomic E-state index is 0.136. The molecule has 0 atom stereocenters. The molecule has 1 aromatic rings. The van der Waals surface area contributed by atoms with Crippen LogP contribution in [0, 0.1) is 5.82 Å². The number of hydrogen-bond acceptors (Lipinski definition) is 2. The van der Waals surface area contributed by atoms with Crippen LogP contribution in [0.25, 0.3) is 0 Å². The number of benzene rings is 1. The summed E-state index contributed by atoms with van der Waals surface area (Å²) in [7, 11) is 0. The molecule has 0 spiro atoms. The fraction of sp³-hybridized carbons (Fsp3) is 0.538. The van der Waals surface area contributed by atoms with Gasteiger partial charge < -0.3 is 10.2 Å². The van der Waals surface area contributed by atoms with Crippen LogP contribution in [-0.4, -0.2) is 12.7 Å². The van der Waals surface area contributed by atoms with E-state index in [1.807, 2.05) is 6.07 Å². The summed E-state index contributed by atoms with van der Waals surface area (Å²) in [5, 5.41) is 3.33. The van der Waals surface area contributed by atoms with Crippen LogP contribution in [0.5, 0.6) is 0 Å². The highest BCUT2D eigenvalue weighted by atomic mass is 19.1. The maximum Gasteiger partial charge on any atom is 0.125 e. The van der Waals surface area contributed by atoms with Gasteiger partial charge >= 0.3 is 0 Å². The molecule has 3 heteroatoms. The Morgan fingerprint density at radius 3 is 2.81 bits per heavy atom. The normalized spacial score (nSPS) is 20.7. The number of nitrogens with zero attached hydrogens (tertiary/aromatic N) is 1. The van der Waals surface area contributed by atoms with Gasteiger partial charge in [-0.05, 0) is 31.0 Å². The molecule has 16 heavy (non-hydrogen) atoms. The van der Waals surface area contributed by atoms with Gasteiger partial charge in [-0.2, -0.15) is 0 Å². The van der Waals surface area contributed by atoms with E-state index >= 15 is 0 Å². The van der Waals surface area contributed by atoms with Gasteiger partial charge in [0, 0.05) is 6.04 Å². The van der Waals surface area contributed by atoms with Gasteiger partial charge in [0.15, 0.2) is 0 Å². The zero-order valence-corrected chi connectivity index (χ0v) is 9.38. The highest BCUT2D eigenvalue weighted by Crippen LogP contribution is 2.36. The average Bonchev–Trinajstić information content (AvgIpc) is 2.73. The van der Waals surface area contributed by atoms with Gasteiger partial charge in [0.25, 0.3) is 0 Å². The minimum atomic E-state index is -0.136. The number of nitrogens with one attached hydrogen (secondary N) is 1. The fourth-order valence-electron chi connectivity index (χ4n) is 2.87. The molecule has 0 bridgehead atoms. The molecule has 1 heterocycles. The van der Waals surface area contributed by atoms with Crippen LogP contribution in [0.1, 0.15) is 32.1 Å². The molecule has 86 valence electrons. The second-order valence-electron chi connectivity index (χ2n) is 4.76. The van der Waals surface area contributed by atoms with E-state index in [-0.39, 0.29) is 5.82 Å². The maximum atomic E-state index is 13.2. The number of hydrogen-bond donors (Lipinski definition) is 1. The zero-order valence-electron chi connectivity index (χ0n) is 9.38. The molecule has 1 aromatic carbocycles. The van der Waals surface area contributed by atoms with Crippen LogP contribution in [0.3, 0.4) is 0 Å². The Morgan fingerprint density at radius 1 is 1.19 bits per heavy atom. The smallest absolute Gasteiger partial charge is 0.125 e. The minimum Gasteiger partial charge on any atom is -0.366 e. The third-order valence-corrected chi connectivity index (χ3v) is 3.72. The summed E-state index contributed by atoms with van der Waals surface area (Å²) in [6, 6.07) is 5.62. The summed E-state index contributed by atoms with van der Waals surface area (Å²) in [5.41, 5.74) is 2.12. The van der Waals surface area contributed by atoms with Gasteiger partial charge in [-0.25, -0.2) is 4.39 Å². The van der Waals surface area contributed by atoms with Gasteiger partial charge in [0.2, 0.25) is 0 Å². The molecule has 1 fully saturated rings. The SMILES string of the molecule is Fc1ccc2c(c1)N(C1CCCCC1)CN2. The Balaban J connectivity index is 1.86. The zero-order chi connectivity index (χ0) is 11.0. The van der Waals surface area contributed by atoms with Crippen LogP contribution in [0.2, 0.25) is 0 Å². The first-order valence-electron chi connectivity index (χ1n) is 6.15. The first-order chi connectivity index (χ1) is 7.84. The average molecular weight is 220 g/mol. The van der Waals surface area contributed by atoms with E-state index in [1.54, 1.807) is 6.07 Å². The summed E-state index contributed by atoms with van der Waals surface area (Å²) in [5.74, 6) is -0.136. The van der Waals surface area contributed by atoms with Crippen molar-refractivity contribution in [1.29, 1.82) is 0 Å². The van der Waals surface area contributed by atoms with Crippen LogP contribution < -0.4 is 10.2 Å². The topological polar surface area (TPSA) is 15.3 Å². The highest BCUT2D eigenvalue weighted by molar-refractivity contribution is 5.75. The standard InChI is InChI=1S/C13H17FN2/c14-10-6-7-12-13(8-10)16(9-15-12)11-4-2-1-3-5-11/h6-8,11,15H,1-5,9H2. The molecule has 2 aliphatic rings. The molecule has 1 aliphatic heterocycles. The number of rotatable bonds is 1. The van der Waals surface area contributed by atoms with E-state index in [9.17, 15) is 4.39 Å². The molecule has 0 aromatic heterocycles. The van der Waals surface area contributed by atoms with Crippen molar-refractivity contribution in [2.45, 2.75) is 38.1 Å². The Bertz CT molecular complexity index is 386. The van der Waals surface area contributed by atoms with Gasteiger partial charge in [0.1, 0.15) is 5.82 Å². The van der Waals surface area contributed by atoms with Gasteiger partial charge in [0.05, 0.1) is 18.0 Å². The number of fused-ring (bicyclic) bond motifs is 1. The summed E-state index contributed by atoms with van der Waals surface area (Å²) in [6.07, 6.45) is 6.47. The van der Waals surface area contributed by atoms with Crippen LogP contribution in [-0.2, 0) is 0 Å². The van der Waals surface area contributed by atoms with E-state index in [1.165, 1.54) is 38.2 Å². The van der Waals surface area contributed by atoms with Crippen molar-refractivity contribution in [3.05, 3.63) is 24.0 Å². The molecule has 3 rings (SSSR count). The molecule has 1 aliphatic carbocycles. The van der Waals surface area contributed by atoms with Crippen molar-refractivity contribution >= 4 is 11.4 Å². The first-order valence-corrected chi connectivity index (χ1v) is 6.15. The van der Waals surface area contributed by atoms with Crippen LogP contribution in [0.15, 0.2) is 18.2 Å². The monoisotopic (exact) mass is 220 g/mol. The predicted molar refractivity (Wildman–Crippen MR) is 64.2 cm³/mol. The Labute approximate surface area is 95.4 Å². The Hall–Kier alpha value is -1.25. The van der Waals surface area contributed by atoms with Gasteiger partial charge in [-0.15, -0.1) is 0 Å². The molecule has 1 saturated carbocycles. The molecule has 0 unspecified atom stereocenters. The summed E-state index contributed by atoms with van der Waals surface area (Å²) in [6.45, 7) is 0.837. The Morgan fingerprint density at radius 2 is 2.00 bits per heavy atom. The second-order valence-corrected chi connectivity index (χ2v) is 4.76. The summed E-state index contributed by atoms with van der Waals surface area (Å²) >= 11 is 0. The van der Waals surface area contributed by atoms with E-state index in [4.69, 9.17) is 0 Å².